The number of likely N-dealkylation sites (tertiary alicyclic amines) is 1. The topological polar surface area (TPSA) is 71.3 Å². The third-order valence-corrected chi connectivity index (χ3v) is 5.09. The van der Waals surface area contributed by atoms with Crippen molar-refractivity contribution in [3.05, 3.63) is 34.7 Å². The van der Waals surface area contributed by atoms with Gasteiger partial charge in [0.25, 0.3) is 5.91 Å². The molecule has 6 nitrogen and oxygen atoms in total. The summed E-state index contributed by atoms with van der Waals surface area (Å²) in [4.78, 5) is 15.1. The fourth-order valence-corrected chi connectivity index (χ4v) is 3.64. The first-order chi connectivity index (χ1) is 11.2. The number of piperidine rings is 1. The lowest BCUT2D eigenvalue weighted by Gasteiger charge is -2.32. The highest BCUT2D eigenvalue weighted by atomic mass is 32.1. The lowest BCUT2D eigenvalue weighted by atomic mass is 9.94. The zero-order valence-corrected chi connectivity index (χ0v) is 14.1. The lowest BCUT2D eigenvalue weighted by Crippen LogP contribution is -2.36. The van der Waals surface area contributed by atoms with Crippen LogP contribution in [0.25, 0.3) is 0 Å². The molecular weight excluding hydrogens is 312 g/mol. The summed E-state index contributed by atoms with van der Waals surface area (Å²) < 4.78 is 9.23. The van der Waals surface area contributed by atoms with Crippen molar-refractivity contribution >= 4 is 17.4 Å². The van der Waals surface area contributed by atoms with Crippen molar-refractivity contribution in [2.24, 2.45) is 5.92 Å². The van der Waals surface area contributed by atoms with Crippen LogP contribution in [-0.2, 0) is 6.54 Å². The zero-order chi connectivity index (χ0) is 16.1. The van der Waals surface area contributed by atoms with E-state index in [1.807, 2.05) is 19.1 Å². The number of aromatic nitrogens is 2. The van der Waals surface area contributed by atoms with Crippen molar-refractivity contribution in [2.45, 2.75) is 32.7 Å². The standard InChI is InChI=1S/C16H22N4O2S/c1-12-15(23-19-18-12)16(21)17-7-6-13-4-2-8-20(10-13)11-14-5-3-9-22-14/h3,5,9,13H,2,4,6-8,10-11H2,1H3,(H,17,21)/t13-/m0/s1. The van der Waals surface area contributed by atoms with Gasteiger partial charge in [0.2, 0.25) is 0 Å². The number of amides is 1. The van der Waals surface area contributed by atoms with Crippen LogP contribution in [-0.4, -0.2) is 40.0 Å². The van der Waals surface area contributed by atoms with Gasteiger partial charge in [-0.25, -0.2) is 0 Å². The molecule has 1 amide bonds. The Morgan fingerprint density at radius 1 is 1.57 bits per heavy atom. The molecule has 0 bridgehead atoms. The minimum atomic E-state index is -0.0549. The number of nitrogens with one attached hydrogen (secondary N) is 1. The first-order valence-corrected chi connectivity index (χ1v) is 8.81. The van der Waals surface area contributed by atoms with Crippen LogP contribution in [0.5, 0.6) is 0 Å². The van der Waals surface area contributed by atoms with Crippen LogP contribution in [0.4, 0.5) is 0 Å². The van der Waals surface area contributed by atoms with Crippen LogP contribution in [0.3, 0.4) is 0 Å². The molecule has 0 unspecified atom stereocenters. The van der Waals surface area contributed by atoms with Gasteiger partial charge in [0.15, 0.2) is 0 Å². The number of aryl methyl sites for hydroxylation is 1. The van der Waals surface area contributed by atoms with Gasteiger partial charge in [0, 0.05) is 13.1 Å². The Hall–Kier alpha value is -1.73. The highest BCUT2D eigenvalue weighted by Gasteiger charge is 2.21. The summed E-state index contributed by atoms with van der Waals surface area (Å²) >= 11 is 1.15. The predicted molar refractivity (Wildman–Crippen MR) is 88.3 cm³/mol. The summed E-state index contributed by atoms with van der Waals surface area (Å²) in [5.41, 5.74) is 0.704. The van der Waals surface area contributed by atoms with Gasteiger partial charge in [-0.05, 0) is 62.3 Å². The quantitative estimate of drug-likeness (QED) is 0.879. The first-order valence-electron chi connectivity index (χ1n) is 8.04. The van der Waals surface area contributed by atoms with E-state index in [0.29, 0.717) is 23.0 Å². The van der Waals surface area contributed by atoms with Crippen LogP contribution >= 0.6 is 11.5 Å². The molecule has 124 valence electrons. The fraction of sp³-hybridized carbons (Fsp3) is 0.562. The van der Waals surface area contributed by atoms with E-state index in [-0.39, 0.29) is 5.91 Å². The Labute approximate surface area is 140 Å². The van der Waals surface area contributed by atoms with Crippen molar-refractivity contribution < 1.29 is 9.21 Å². The molecule has 1 fully saturated rings. The Bertz CT molecular complexity index is 626. The van der Waals surface area contributed by atoms with Crippen molar-refractivity contribution in [1.82, 2.24) is 19.8 Å². The average Bonchev–Trinajstić information content (AvgIpc) is 3.19. The van der Waals surface area contributed by atoms with Crippen LogP contribution in [0.2, 0.25) is 0 Å². The van der Waals surface area contributed by atoms with E-state index in [2.05, 4.69) is 19.8 Å². The van der Waals surface area contributed by atoms with E-state index in [1.54, 1.807) is 6.26 Å². The molecule has 3 heterocycles. The summed E-state index contributed by atoms with van der Waals surface area (Å²) in [6, 6.07) is 3.96. The van der Waals surface area contributed by atoms with E-state index in [4.69, 9.17) is 4.42 Å². The molecule has 0 spiro atoms. The second-order valence-corrected chi connectivity index (χ2v) is 6.81. The van der Waals surface area contributed by atoms with Gasteiger partial charge in [0.05, 0.1) is 18.5 Å². The van der Waals surface area contributed by atoms with Gasteiger partial charge in [-0.1, -0.05) is 4.49 Å². The number of carbonyl (C=O) groups excluding carboxylic acids is 1. The summed E-state index contributed by atoms with van der Waals surface area (Å²) in [5, 5.41) is 6.86. The molecule has 0 radical (unpaired) electrons. The van der Waals surface area contributed by atoms with Crippen LogP contribution in [0.1, 0.15) is 40.4 Å². The molecule has 3 rings (SSSR count). The molecule has 1 aliphatic rings. The number of furan rings is 1. The number of hydrogen-bond acceptors (Lipinski definition) is 6. The molecule has 1 aliphatic heterocycles. The number of carbonyl (C=O) groups is 1. The molecule has 7 heteroatoms. The Balaban J connectivity index is 1.41. The maximum atomic E-state index is 12.0. The minimum Gasteiger partial charge on any atom is -0.468 e. The molecule has 1 atom stereocenters. The monoisotopic (exact) mass is 334 g/mol. The number of rotatable bonds is 6. The Kier molecular flexibility index (Phi) is 5.40. The van der Waals surface area contributed by atoms with Gasteiger partial charge in [0.1, 0.15) is 10.6 Å². The second kappa shape index (κ2) is 7.70. The minimum absolute atomic E-state index is 0.0549. The molecule has 23 heavy (non-hydrogen) atoms. The normalized spacial score (nSPS) is 18.9. The SMILES string of the molecule is Cc1nnsc1C(=O)NCC[C@@H]1CCCN(Cc2ccco2)C1. The Morgan fingerprint density at radius 2 is 2.48 bits per heavy atom. The number of nitrogens with zero attached hydrogens (tertiary/aromatic N) is 3. The number of hydrogen-bond donors (Lipinski definition) is 1. The molecular formula is C16H22N4O2S. The van der Waals surface area contributed by atoms with Crippen LogP contribution in [0, 0.1) is 12.8 Å². The third-order valence-electron chi connectivity index (χ3n) is 4.26. The zero-order valence-electron chi connectivity index (χ0n) is 13.3. The maximum Gasteiger partial charge on any atom is 0.264 e. The fourth-order valence-electron chi connectivity index (χ4n) is 3.06. The summed E-state index contributed by atoms with van der Waals surface area (Å²) in [5.74, 6) is 1.59. The van der Waals surface area contributed by atoms with E-state index >= 15 is 0 Å². The van der Waals surface area contributed by atoms with Gasteiger partial charge in [-0.15, -0.1) is 5.10 Å². The average molecular weight is 334 g/mol. The Morgan fingerprint density at radius 3 is 3.22 bits per heavy atom. The molecule has 1 saturated heterocycles. The van der Waals surface area contributed by atoms with Crippen molar-refractivity contribution in [1.29, 1.82) is 0 Å². The van der Waals surface area contributed by atoms with Gasteiger partial charge >= 0.3 is 0 Å². The van der Waals surface area contributed by atoms with Crippen LogP contribution in [0.15, 0.2) is 22.8 Å². The molecule has 0 saturated carbocycles. The summed E-state index contributed by atoms with van der Waals surface area (Å²) in [7, 11) is 0. The predicted octanol–water partition coefficient (Wildman–Crippen LogP) is 2.47. The summed E-state index contributed by atoms with van der Waals surface area (Å²) in [6.07, 6.45) is 5.16. The lowest BCUT2D eigenvalue weighted by molar-refractivity contribution is 0.0949. The van der Waals surface area contributed by atoms with Crippen LogP contribution < -0.4 is 5.32 Å². The van der Waals surface area contributed by atoms with Crippen molar-refractivity contribution in [3.63, 3.8) is 0 Å². The highest BCUT2D eigenvalue weighted by molar-refractivity contribution is 7.07. The molecule has 1 N–H and O–H groups in total. The van der Waals surface area contributed by atoms with E-state index in [1.165, 1.54) is 12.8 Å². The maximum absolute atomic E-state index is 12.0. The molecule has 2 aromatic rings. The third kappa shape index (κ3) is 4.39. The molecule has 2 aromatic heterocycles. The second-order valence-electron chi connectivity index (χ2n) is 6.05. The van der Waals surface area contributed by atoms with Crippen molar-refractivity contribution in [2.75, 3.05) is 19.6 Å². The van der Waals surface area contributed by atoms with E-state index in [0.717, 1.165) is 43.3 Å². The molecule has 0 aliphatic carbocycles. The van der Waals surface area contributed by atoms with Gasteiger partial charge in [-0.3, -0.25) is 9.69 Å². The molecule has 0 aromatic carbocycles. The van der Waals surface area contributed by atoms with Gasteiger partial charge < -0.3 is 9.73 Å². The van der Waals surface area contributed by atoms with Gasteiger partial charge in [-0.2, -0.15) is 0 Å². The largest absolute Gasteiger partial charge is 0.468 e. The van der Waals surface area contributed by atoms with Crippen molar-refractivity contribution in [3.8, 4) is 0 Å². The first kappa shape index (κ1) is 16.1. The highest BCUT2D eigenvalue weighted by Crippen LogP contribution is 2.21. The smallest absolute Gasteiger partial charge is 0.264 e. The van der Waals surface area contributed by atoms with E-state index in [9.17, 15) is 4.79 Å². The van der Waals surface area contributed by atoms with E-state index < -0.39 is 0 Å². The summed E-state index contributed by atoms with van der Waals surface area (Å²) in [6.45, 7) is 5.58.